The Bertz CT molecular complexity index is 3020. The lowest BCUT2D eigenvalue weighted by Gasteiger charge is -2.36. The summed E-state index contributed by atoms with van der Waals surface area (Å²) in [6.07, 6.45) is -0.787. The average Bonchev–Trinajstić information content (AvgIpc) is 4.06. The molecule has 0 spiro atoms. The summed E-state index contributed by atoms with van der Waals surface area (Å²) in [7, 11) is 0. The summed E-state index contributed by atoms with van der Waals surface area (Å²) in [5, 5.41) is 13.5. The van der Waals surface area contributed by atoms with Crippen molar-refractivity contribution in [3.8, 4) is 0 Å². The second kappa shape index (κ2) is 16.3. The normalized spacial score (nSPS) is 16.4. The summed E-state index contributed by atoms with van der Waals surface area (Å²) < 4.78 is 29.2. The number of hydrogen-bond donors (Lipinski definition) is 5. The number of esters is 4. The number of aromatic nitrogens is 4. The Labute approximate surface area is 345 Å². The molecule has 1 aliphatic heterocycles. The van der Waals surface area contributed by atoms with Gasteiger partial charge in [-0.2, -0.15) is 0 Å². The Morgan fingerprint density at radius 1 is 0.492 bits per heavy atom. The Kier molecular flexibility index (Phi) is 10.3. The maximum absolute atomic E-state index is 14.0. The Balaban J connectivity index is 1.09. The molecule has 5 N–H and O–H groups in total. The topological polar surface area (TPSA) is 215 Å². The predicted molar refractivity (Wildman–Crippen MR) is 219 cm³/mol. The Morgan fingerprint density at radius 2 is 0.852 bits per heavy atom. The summed E-state index contributed by atoms with van der Waals surface area (Å²) in [5.41, 5.74) is 5.22. The molecule has 9 rings (SSSR count). The maximum atomic E-state index is 14.0. The Hall–Kier alpha value is -8.07. The van der Waals surface area contributed by atoms with E-state index in [0.29, 0.717) is 22.3 Å². The number of H-pyrrole nitrogens is 4. The molecule has 0 fully saturated rings. The molecule has 306 valence electrons. The summed E-state index contributed by atoms with van der Waals surface area (Å²) in [4.78, 5) is 80.8. The minimum absolute atomic E-state index is 0.320. The number of carboxylic acids is 1. The highest BCUT2D eigenvalue weighted by molar-refractivity contribution is 5.91. The van der Waals surface area contributed by atoms with Gasteiger partial charge < -0.3 is 48.7 Å². The van der Waals surface area contributed by atoms with Gasteiger partial charge in [-0.3, -0.25) is 19.2 Å². The van der Waals surface area contributed by atoms with Crippen molar-refractivity contribution in [2.24, 2.45) is 0 Å². The van der Waals surface area contributed by atoms with Gasteiger partial charge in [0.1, 0.15) is 0 Å². The SMILES string of the molecule is O=C(Cc1c[nH]c2ccccc12)OC1=C(OC(=O)Cc2c[nH]c3ccccc23)[C@@H](OC(=O)Cc2c[nH]c3ccccc23)[C@H](OC(=O)Cc2c[nH]c3ccccc23)[C@@H](C(=O)O)O1. The quantitative estimate of drug-likeness (QED) is 0.0630. The number of rotatable bonds is 13. The van der Waals surface area contributed by atoms with Crippen LogP contribution in [0.2, 0.25) is 0 Å². The number of para-hydroxylation sites is 4. The third-order valence-electron chi connectivity index (χ3n) is 10.5. The van der Waals surface area contributed by atoms with Crippen LogP contribution in [0.1, 0.15) is 22.3 Å². The van der Waals surface area contributed by atoms with Gasteiger partial charge >= 0.3 is 35.8 Å². The van der Waals surface area contributed by atoms with Crippen molar-refractivity contribution in [2.45, 2.75) is 44.0 Å². The number of aromatic amines is 4. The first-order valence-corrected chi connectivity index (χ1v) is 19.3. The van der Waals surface area contributed by atoms with Gasteiger partial charge in [0.05, 0.1) is 25.7 Å². The largest absolute Gasteiger partial charge is 0.478 e. The second-order valence-electron chi connectivity index (χ2n) is 14.5. The number of carboxylic acid groups (broad SMARTS) is 1. The third-order valence-corrected chi connectivity index (χ3v) is 10.5. The van der Waals surface area contributed by atoms with Crippen LogP contribution in [0, 0.1) is 0 Å². The molecule has 4 aromatic heterocycles. The number of fused-ring (bicyclic) bond motifs is 4. The molecule has 15 heteroatoms. The molecule has 61 heavy (non-hydrogen) atoms. The van der Waals surface area contributed by atoms with E-state index in [0.717, 1.165) is 43.6 Å². The van der Waals surface area contributed by atoms with E-state index in [2.05, 4.69) is 19.9 Å². The monoisotopic (exact) mass is 820 g/mol. The average molecular weight is 821 g/mol. The van der Waals surface area contributed by atoms with Crippen molar-refractivity contribution in [3.05, 3.63) is 156 Å². The number of carbonyl (C=O) groups excluding carboxylic acids is 4. The van der Waals surface area contributed by atoms with Crippen molar-refractivity contribution in [1.82, 2.24) is 19.9 Å². The van der Waals surface area contributed by atoms with Crippen LogP contribution in [0.3, 0.4) is 0 Å². The van der Waals surface area contributed by atoms with E-state index < -0.39 is 59.9 Å². The van der Waals surface area contributed by atoms with Crippen molar-refractivity contribution in [3.63, 3.8) is 0 Å². The lowest BCUT2D eigenvalue weighted by atomic mass is 10.0. The van der Waals surface area contributed by atoms with Gasteiger partial charge in [-0.1, -0.05) is 72.8 Å². The van der Waals surface area contributed by atoms with Gasteiger partial charge in [0.25, 0.3) is 0 Å². The first-order valence-electron chi connectivity index (χ1n) is 19.3. The molecule has 0 saturated carbocycles. The van der Waals surface area contributed by atoms with E-state index in [1.165, 1.54) is 0 Å². The lowest BCUT2D eigenvalue weighted by molar-refractivity contribution is -0.202. The fourth-order valence-corrected chi connectivity index (χ4v) is 7.68. The highest BCUT2D eigenvalue weighted by atomic mass is 16.7. The van der Waals surface area contributed by atoms with Gasteiger partial charge in [-0.25, -0.2) is 4.79 Å². The molecule has 0 unspecified atom stereocenters. The third kappa shape index (κ3) is 7.91. The van der Waals surface area contributed by atoms with E-state index in [1.807, 2.05) is 66.7 Å². The fourth-order valence-electron chi connectivity index (χ4n) is 7.68. The standard InChI is InChI=1S/C46H36N4O11/c51-37(17-25-21-47-33-13-5-1-9-29(25)33)57-41-42(58-38(52)18-26-22-48-34-14-6-2-10-30(26)34)44(59-39(53)19-27-23-49-35-15-7-3-11-31(27)35)46(61-43(41)45(55)56)60-40(54)20-28-24-50-36-16-8-4-12-32(28)36/h1-16,21-24,41-43,47-50H,17-20H2,(H,55,56)/t41-,42-,43-/m0/s1. The first kappa shape index (κ1) is 38.4. The molecule has 0 amide bonds. The van der Waals surface area contributed by atoms with E-state index in [1.54, 1.807) is 55.1 Å². The molecule has 5 heterocycles. The zero-order chi connectivity index (χ0) is 42.0. The van der Waals surface area contributed by atoms with Gasteiger partial charge in [0.15, 0.2) is 6.10 Å². The summed E-state index contributed by atoms with van der Waals surface area (Å²) >= 11 is 0. The van der Waals surface area contributed by atoms with E-state index in [-0.39, 0.29) is 25.7 Å². The summed E-state index contributed by atoms with van der Waals surface area (Å²) in [6.45, 7) is 0. The molecular weight excluding hydrogens is 785 g/mol. The molecule has 4 aromatic carbocycles. The van der Waals surface area contributed by atoms with Gasteiger partial charge in [-0.05, 0) is 46.5 Å². The van der Waals surface area contributed by atoms with E-state index in [4.69, 9.17) is 23.7 Å². The lowest BCUT2D eigenvalue weighted by Crippen LogP contribution is -2.53. The highest BCUT2D eigenvalue weighted by Crippen LogP contribution is 2.34. The van der Waals surface area contributed by atoms with Crippen molar-refractivity contribution < 1.29 is 52.8 Å². The van der Waals surface area contributed by atoms with Gasteiger partial charge in [-0.15, -0.1) is 0 Å². The number of benzene rings is 4. The molecule has 0 radical (unpaired) electrons. The fraction of sp³-hybridized carbons (Fsp3) is 0.152. The predicted octanol–water partition coefficient (Wildman–Crippen LogP) is 6.44. The Morgan fingerprint density at radius 3 is 1.26 bits per heavy atom. The number of nitrogens with one attached hydrogen (secondary N) is 4. The van der Waals surface area contributed by atoms with Gasteiger partial charge in [0, 0.05) is 68.4 Å². The molecule has 3 atom stereocenters. The summed E-state index contributed by atoms with van der Waals surface area (Å²) in [5.74, 6) is -6.83. The van der Waals surface area contributed by atoms with Crippen LogP contribution >= 0.6 is 0 Å². The number of hydrogen-bond acceptors (Lipinski definition) is 10. The molecular formula is C46H36N4O11. The van der Waals surface area contributed by atoms with Crippen molar-refractivity contribution >= 4 is 73.5 Å². The van der Waals surface area contributed by atoms with Crippen LogP contribution in [0.15, 0.2) is 134 Å². The molecule has 0 saturated heterocycles. The molecule has 15 nitrogen and oxygen atoms in total. The number of aliphatic carboxylic acids is 1. The molecule has 0 aliphatic carbocycles. The van der Waals surface area contributed by atoms with Crippen LogP contribution < -0.4 is 0 Å². The van der Waals surface area contributed by atoms with Crippen molar-refractivity contribution in [2.75, 3.05) is 0 Å². The second-order valence-corrected chi connectivity index (χ2v) is 14.5. The van der Waals surface area contributed by atoms with Gasteiger partial charge in [0.2, 0.25) is 18.0 Å². The van der Waals surface area contributed by atoms with Crippen LogP contribution in [0.4, 0.5) is 0 Å². The van der Waals surface area contributed by atoms with Crippen LogP contribution in [0.5, 0.6) is 0 Å². The highest BCUT2D eigenvalue weighted by Gasteiger charge is 2.52. The molecule has 0 bridgehead atoms. The minimum Gasteiger partial charge on any atom is -0.478 e. The molecule has 1 aliphatic rings. The zero-order valence-corrected chi connectivity index (χ0v) is 32.1. The number of ether oxygens (including phenoxy) is 5. The van der Waals surface area contributed by atoms with Crippen LogP contribution in [0.25, 0.3) is 43.6 Å². The van der Waals surface area contributed by atoms with E-state index in [9.17, 15) is 29.1 Å². The minimum atomic E-state index is -2.11. The molecule has 8 aromatic rings. The van der Waals surface area contributed by atoms with Crippen LogP contribution in [-0.2, 0) is 73.3 Å². The van der Waals surface area contributed by atoms with E-state index >= 15 is 0 Å². The van der Waals surface area contributed by atoms with Crippen molar-refractivity contribution in [1.29, 1.82) is 0 Å². The summed E-state index contributed by atoms with van der Waals surface area (Å²) in [6, 6.07) is 29.1. The maximum Gasteiger partial charge on any atom is 0.349 e. The van der Waals surface area contributed by atoms with Crippen LogP contribution in [-0.4, -0.2) is 73.2 Å². The number of carbonyl (C=O) groups is 5. The smallest absolute Gasteiger partial charge is 0.349 e. The zero-order valence-electron chi connectivity index (χ0n) is 32.1. The first-order chi connectivity index (χ1) is 29.7.